The second-order valence-electron chi connectivity index (χ2n) is 7.79. The summed E-state index contributed by atoms with van der Waals surface area (Å²) in [5.74, 6) is 1.40. The van der Waals surface area contributed by atoms with Crippen LogP contribution in [0.4, 0.5) is 0 Å². The zero-order valence-corrected chi connectivity index (χ0v) is 17.2. The molecule has 27 heavy (non-hydrogen) atoms. The van der Waals surface area contributed by atoms with Crippen molar-refractivity contribution in [2.24, 2.45) is 0 Å². The smallest absolute Gasteiger partial charge is 0.261 e. The monoisotopic (exact) mass is 369 g/mol. The van der Waals surface area contributed by atoms with Crippen molar-refractivity contribution in [3.63, 3.8) is 0 Å². The summed E-state index contributed by atoms with van der Waals surface area (Å²) in [7, 11) is 1.64. The molecule has 4 nitrogen and oxygen atoms in total. The van der Waals surface area contributed by atoms with Crippen LogP contribution >= 0.6 is 0 Å². The predicted octanol–water partition coefficient (Wildman–Crippen LogP) is 5.03. The third-order valence-corrected chi connectivity index (χ3v) is 4.64. The van der Waals surface area contributed by atoms with Gasteiger partial charge in [0.1, 0.15) is 11.5 Å². The fourth-order valence-electron chi connectivity index (χ4n) is 2.80. The zero-order valence-electron chi connectivity index (χ0n) is 17.2. The first-order valence-corrected chi connectivity index (χ1v) is 9.46. The topological polar surface area (TPSA) is 47.6 Å². The molecule has 0 bridgehead atoms. The van der Waals surface area contributed by atoms with E-state index in [-0.39, 0.29) is 17.4 Å². The molecule has 0 aliphatic carbocycles. The maximum Gasteiger partial charge on any atom is 0.261 e. The van der Waals surface area contributed by atoms with Crippen molar-refractivity contribution < 1.29 is 14.3 Å². The van der Waals surface area contributed by atoms with E-state index in [4.69, 9.17) is 9.47 Å². The number of methoxy groups -OCH3 is 1. The molecule has 0 fully saturated rings. The van der Waals surface area contributed by atoms with Crippen LogP contribution < -0.4 is 14.8 Å². The van der Waals surface area contributed by atoms with Crippen LogP contribution in [-0.2, 0) is 10.2 Å². The largest absolute Gasteiger partial charge is 0.497 e. The Hall–Kier alpha value is -2.49. The molecule has 0 aliphatic rings. The van der Waals surface area contributed by atoms with Crippen LogP contribution in [0.5, 0.6) is 11.5 Å². The molecule has 1 N–H and O–H groups in total. The van der Waals surface area contributed by atoms with Crippen molar-refractivity contribution in [2.45, 2.75) is 58.6 Å². The summed E-state index contributed by atoms with van der Waals surface area (Å²) in [4.78, 5) is 12.7. The van der Waals surface area contributed by atoms with Crippen molar-refractivity contribution in [2.75, 3.05) is 7.11 Å². The van der Waals surface area contributed by atoms with E-state index in [0.29, 0.717) is 12.2 Å². The van der Waals surface area contributed by atoms with Crippen LogP contribution in [0.25, 0.3) is 0 Å². The molecule has 0 saturated heterocycles. The first-order chi connectivity index (χ1) is 12.7. The van der Waals surface area contributed by atoms with E-state index in [2.05, 4.69) is 38.2 Å². The molecule has 0 spiro atoms. The Morgan fingerprint density at radius 1 is 1.00 bits per heavy atom. The number of hydrogen-bond donors (Lipinski definition) is 1. The molecule has 0 aromatic heterocycles. The van der Waals surface area contributed by atoms with E-state index < -0.39 is 6.10 Å². The van der Waals surface area contributed by atoms with Crippen LogP contribution in [-0.4, -0.2) is 19.1 Å². The Morgan fingerprint density at radius 2 is 1.56 bits per heavy atom. The SMILES string of the molecule is CC[C@@H](Oc1ccc(C(C)(C)C)cc1)C(=O)N[C@H](C)c1ccc(OC)cc1. The van der Waals surface area contributed by atoms with E-state index in [1.807, 2.05) is 50.2 Å². The summed E-state index contributed by atoms with van der Waals surface area (Å²) in [6.45, 7) is 10.4. The third kappa shape index (κ3) is 5.75. The molecule has 0 aliphatic heterocycles. The molecule has 0 heterocycles. The average Bonchev–Trinajstić information content (AvgIpc) is 2.65. The summed E-state index contributed by atoms with van der Waals surface area (Å²) >= 11 is 0. The summed E-state index contributed by atoms with van der Waals surface area (Å²) in [6, 6.07) is 15.6. The lowest BCUT2D eigenvalue weighted by atomic mass is 9.87. The van der Waals surface area contributed by atoms with Gasteiger partial charge in [-0.25, -0.2) is 0 Å². The van der Waals surface area contributed by atoms with Gasteiger partial charge in [-0.05, 0) is 54.2 Å². The molecule has 0 saturated carbocycles. The van der Waals surface area contributed by atoms with Crippen LogP contribution in [0.2, 0.25) is 0 Å². The second kappa shape index (κ2) is 8.94. The highest BCUT2D eigenvalue weighted by atomic mass is 16.5. The Bertz CT molecular complexity index is 730. The molecular formula is C23H31NO3. The summed E-state index contributed by atoms with van der Waals surface area (Å²) < 4.78 is 11.1. The number of hydrogen-bond acceptors (Lipinski definition) is 3. The van der Waals surface area contributed by atoms with Crippen molar-refractivity contribution in [1.82, 2.24) is 5.32 Å². The fraction of sp³-hybridized carbons (Fsp3) is 0.435. The Labute approximate surface area is 162 Å². The first-order valence-electron chi connectivity index (χ1n) is 9.46. The average molecular weight is 370 g/mol. The van der Waals surface area contributed by atoms with Crippen molar-refractivity contribution in [1.29, 1.82) is 0 Å². The lowest BCUT2D eigenvalue weighted by molar-refractivity contribution is -0.128. The molecule has 2 rings (SSSR count). The number of carbonyl (C=O) groups excluding carboxylic acids is 1. The van der Waals surface area contributed by atoms with Gasteiger partial charge in [-0.15, -0.1) is 0 Å². The van der Waals surface area contributed by atoms with Crippen molar-refractivity contribution in [3.05, 3.63) is 59.7 Å². The number of benzene rings is 2. The van der Waals surface area contributed by atoms with Gasteiger partial charge in [-0.2, -0.15) is 0 Å². The van der Waals surface area contributed by atoms with E-state index >= 15 is 0 Å². The quantitative estimate of drug-likeness (QED) is 0.745. The van der Waals surface area contributed by atoms with Gasteiger partial charge >= 0.3 is 0 Å². The highest BCUT2D eigenvalue weighted by molar-refractivity contribution is 5.81. The maximum absolute atomic E-state index is 12.7. The van der Waals surface area contributed by atoms with E-state index in [0.717, 1.165) is 11.3 Å². The van der Waals surface area contributed by atoms with Gasteiger partial charge in [0.2, 0.25) is 0 Å². The standard InChI is InChI=1S/C23H31NO3/c1-7-21(27-20-14-10-18(11-15-20)23(3,4)5)22(25)24-16(2)17-8-12-19(26-6)13-9-17/h8-16,21H,7H2,1-6H3,(H,24,25)/t16-,21-/m1/s1. The molecule has 146 valence electrons. The Kier molecular flexibility index (Phi) is 6.89. The highest BCUT2D eigenvalue weighted by Crippen LogP contribution is 2.25. The Balaban J connectivity index is 2.00. The molecule has 0 unspecified atom stereocenters. The summed E-state index contributed by atoms with van der Waals surface area (Å²) in [5.41, 5.74) is 2.35. The maximum atomic E-state index is 12.7. The zero-order chi connectivity index (χ0) is 20.0. The van der Waals surface area contributed by atoms with E-state index in [9.17, 15) is 4.79 Å². The Morgan fingerprint density at radius 3 is 2.04 bits per heavy atom. The van der Waals surface area contributed by atoms with Gasteiger partial charge in [-0.3, -0.25) is 4.79 Å². The number of rotatable bonds is 7. The minimum Gasteiger partial charge on any atom is -0.497 e. The van der Waals surface area contributed by atoms with Crippen LogP contribution in [0.1, 0.15) is 58.2 Å². The minimum atomic E-state index is -0.522. The first kappa shape index (κ1) is 20.8. The lowest BCUT2D eigenvalue weighted by Gasteiger charge is -2.22. The lowest BCUT2D eigenvalue weighted by Crippen LogP contribution is -2.39. The molecule has 1 amide bonds. The third-order valence-electron chi connectivity index (χ3n) is 4.64. The summed E-state index contributed by atoms with van der Waals surface area (Å²) in [6.07, 6.45) is 0.0773. The molecule has 2 atom stereocenters. The van der Waals surface area contributed by atoms with Gasteiger partial charge in [0, 0.05) is 0 Å². The molecular weight excluding hydrogens is 338 g/mol. The van der Waals surface area contributed by atoms with Crippen molar-refractivity contribution >= 4 is 5.91 Å². The number of carbonyl (C=O) groups is 1. The minimum absolute atomic E-state index is 0.0911. The molecule has 2 aromatic rings. The summed E-state index contributed by atoms with van der Waals surface area (Å²) in [5, 5.41) is 3.04. The van der Waals surface area contributed by atoms with Crippen LogP contribution in [0.15, 0.2) is 48.5 Å². The van der Waals surface area contributed by atoms with Gasteiger partial charge in [-0.1, -0.05) is 52.0 Å². The van der Waals surface area contributed by atoms with E-state index in [1.165, 1.54) is 5.56 Å². The fourth-order valence-corrected chi connectivity index (χ4v) is 2.80. The number of amides is 1. The van der Waals surface area contributed by atoms with Gasteiger partial charge < -0.3 is 14.8 Å². The van der Waals surface area contributed by atoms with Gasteiger partial charge in [0.05, 0.1) is 13.2 Å². The number of nitrogens with one attached hydrogen (secondary N) is 1. The molecule has 0 radical (unpaired) electrons. The van der Waals surface area contributed by atoms with Crippen molar-refractivity contribution in [3.8, 4) is 11.5 Å². The second-order valence-corrected chi connectivity index (χ2v) is 7.79. The van der Waals surface area contributed by atoms with Crippen LogP contribution in [0, 0.1) is 0 Å². The normalized spacial score (nSPS) is 13.6. The van der Waals surface area contributed by atoms with Crippen LogP contribution in [0.3, 0.4) is 0 Å². The van der Waals surface area contributed by atoms with Gasteiger partial charge in [0.15, 0.2) is 6.10 Å². The highest BCUT2D eigenvalue weighted by Gasteiger charge is 2.21. The predicted molar refractivity (Wildman–Crippen MR) is 109 cm³/mol. The molecule has 2 aromatic carbocycles. The molecule has 4 heteroatoms. The van der Waals surface area contributed by atoms with Gasteiger partial charge in [0.25, 0.3) is 5.91 Å². The van der Waals surface area contributed by atoms with E-state index in [1.54, 1.807) is 7.11 Å². The number of ether oxygens (including phenoxy) is 2.